The van der Waals surface area contributed by atoms with E-state index in [2.05, 4.69) is 16.8 Å². The molecule has 0 atom stereocenters. The molecule has 4 rings (SSSR count). The molecule has 1 aliphatic heterocycles. The summed E-state index contributed by atoms with van der Waals surface area (Å²) in [5.41, 5.74) is 3.86. The average molecular weight is 423 g/mol. The van der Waals surface area contributed by atoms with Gasteiger partial charge >= 0.3 is 0 Å². The lowest BCUT2D eigenvalue weighted by Crippen LogP contribution is -2.23. The van der Waals surface area contributed by atoms with E-state index in [9.17, 15) is 4.79 Å². The zero-order valence-electron chi connectivity index (χ0n) is 18.5. The fourth-order valence-corrected chi connectivity index (χ4v) is 4.02. The van der Waals surface area contributed by atoms with Crippen LogP contribution in [0.5, 0.6) is 11.5 Å². The van der Waals surface area contributed by atoms with E-state index in [1.165, 1.54) is 6.42 Å². The summed E-state index contributed by atoms with van der Waals surface area (Å²) in [6.45, 7) is 5.92. The van der Waals surface area contributed by atoms with Crippen LogP contribution in [0.4, 0.5) is 0 Å². The Labute approximate surface area is 182 Å². The molecular formula is C24H30N4O3. The summed E-state index contributed by atoms with van der Waals surface area (Å²) < 4.78 is 13.3. The first-order valence-corrected chi connectivity index (χ1v) is 11.1. The highest BCUT2D eigenvalue weighted by molar-refractivity contribution is 6.04. The number of pyridine rings is 1. The third-order valence-corrected chi connectivity index (χ3v) is 5.58. The molecule has 0 bridgehead atoms. The predicted molar refractivity (Wildman–Crippen MR) is 120 cm³/mol. The lowest BCUT2D eigenvalue weighted by molar-refractivity contribution is 0.0952. The number of hydrogen-bond donors (Lipinski definition) is 1. The maximum Gasteiger partial charge on any atom is 0.253 e. The SMILES string of the molecule is CCCOc1ccc(CNC(=O)c2cc(C)nc3c2nc2n3CCCCC2)cc1OC. The average Bonchev–Trinajstić information content (AvgIpc) is 2.96. The molecule has 7 nitrogen and oxygen atoms in total. The minimum atomic E-state index is -0.144. The van der Waals surface area contributed by atoms with Crippen LogP contribution in [0.15, 0.2) is 24.3 Å². The number of imidazole rings is 1. The lowest BCUT2D eigenvalue weighted by Gasteiger charge is -2.12. The number of carbonyl (C=O) groups excluding carboxylic acids is 1. The maximum absolute atomic E-state index is 13.1. The van der Waals surface area contributed by atoms with Gasteiger partial charge < -0.3 is 19.4 Å². The number of hydrogen-bond acceptors (Lipinski definition) is 5. The van der Waals surface area contributed by atoms with Crippen LogP contribution in [0.1, 0.15) is 60.0 Å². The maximum atomic E-state index is 13.1. The van der Waals surface area contributed by atoms with Gasteiger partial charge in [0.2, 0.25) is 0 Å². The van der Waals surface area contributed by atoms with Gasteiger partial charge in [-0.1, -0.05) is 19.4 Å². The quantitative estimate of drug-likeness (QED) is 0.618. The van der Waals surface area contributed by atoms with Crippen LogP contribution in [0, 0.1) is 6.92 Å². The number of carbonyl (C=O) groups is 1. The number of aromatic nitrogens is 3. The van der Waals surface area contributed by atoms with Gasteiger partial charge in [-0.25, -0.2) is 9.97 Å². The summed E-state index contributed by atoms with van der Waals surface area (Å²) >= 11 is 0. The van der Waals surface area contributed by atoms with E-state index in [0.717, 1.165) is 55.0 Å². The van der Waals surface area contributed by atoms with Gasteiger partial charge in [-0.2, -0.15) is 0 Å². The molecule has 31 heavy (non-hydrogen) atoms. The molecule has 3 aromatic rings. The fraction of sp³-hybridized carbons (Fsp3) is 0.458. The highest BCUT2D eigenvalue weighted by Crippen LogP contribution is 2.28. The largest absolute Gasteiger partial charge is 0.493 e. The number of methoxy groups -OCH3 is 1. The summed E-state index contributed by atoms with van der Waals surface area (Å²) in [4.78, 5) is 22.6. The molecule has 2 aromatic heterocycles. The van der Waals surface area contributed by atoms with Crippen molar-refractivity contribution in [2.24, 2.45) is 0 Å². The third kappa shape index (κ3) is 4.50. The first-order valence-electron chi connectivity index (χ1n) is 11.1. The Morgan fingerprint density at radius 2 is 2.03 bits per heavy atom. The van der Waals surface area contributed by atoms with Crippen molar-refractivity contribution in [3.8, 4) is 11.5 Å². The minimum absolute atomic E-state index is 0.144. The Morgan fingerprint density at radius 3 is 2.84 bits per heavy atom. The van der Waals surface area contributed by atoms with E-state index in [1.54, 1.807) is 7.11 Å². The van der Waals surface area contributed by atoms with E-state index in [-0.39, 0.29) is 5.91 Å². The molecule has 0 saturated heterocycles. The smallest absolute Gasteiger partial charge is 0.253 e. The number of rotatable bonds is 7. The van der Waals surface area contributed by atoms with E-state index in [4.69, 9.17) is 19.4 Å². The third-order valence-electron chi connectivity index (χ3n) is 5.58. The normalized spacial score (nSPS) is 13.5. The molecule has 0 fully saturated rings. The van der Waals surface area contributed by atoms with Gasteiger partial charge in [-0.15, -0.1) is 0 Å². The highest BCUT2D eigenvalue weighted by Gasteiger charge is 2.20. The van der Waals surface area contributed by atoms with Crippen molar-refractivity contribution in [2.45, 2.75) is 59.0 Å². The Morgan fingerprint density at radius 1 is 1.16 bits per heavy atom. The van der Waals surface area contributed by atoms with Crippen molar-refractivity contribution in [1.29, 1.82) is 0 Å². The number of benzene rings is 1. The van der Waals surface area contributed by atoms with Crippen LogP contribution in [0.2, 0.25) is 0 Å². The number of nitrogens with one attached hydrogen (secondary N) is 1. The number of nitrogens with zero attached hydrogens (tertiary/aromatic N) is 3. The first-order chi connectivity index (χ1) is 15.1. The number of amides is 1. The van der Waals surface area contributed by atoms with Crippen LogP contribution < -0.4 is 14.8 Å². The second kappa shape index (κ2) is 9.37. The van der Waals surface area contributed by atoms with Gasteiger partial charge in [0.25, 0.3) is 5.91 Å². The molecule has 0 saturated carbocycles. The predicted octanol–water partition coefficient (Wildman–Crippen LogP) is 4.19. The summed E-state index contributed by atoms with van der Waals surface area (Å²) in [6.07, 6.45) is 5.32. The minimum Gasteiger partial charge on any atom is -0.493 e. The Kier molecular flexibility index (Phi) is 6.39. The Hall–Kier alpha value is -3.09. The number of ether oxygens (including phenoxy) is 2. The summed E-state index contributed by atoms with van der Waals surface area (Å²) in [5.74, 6) is 2.27. The van der Waals surface area contributed by atoms with E-state index in [1.807, 2.05) is 31.2 Å². The van der Waals surface area contributed by atoms with Crippen molar-refractivity contribution in [1.82, 2.24) is 19.9 Å². The Balaban J connectivity index is 1.55. The monoisotopic (exact) mass is 422 g/mol. The summed E-state index contributed by atoms with van der Waals surface area (Å²) in [6, 6.07) is 7.56. The second-order valence-corrected chi connectivity index (χ2v) is 7.99. The molecule has 0 aliphatic carbocycles. The van der Waals surface area contributed by atoms with Crippen molar-refractivity contribution < 1.29 is 14.3 Å². The fourth-order valence-electron chi connectivity index (χ4n) is 4.02. The Bertz CT molecular complexity index is 1090. The molecule has 3 heterocycles. The van der Waals surface area contributed by atoms with Crippen molar-refractivity contribution in [3.05, 3.63) is 46.9 Å². The van der Waals surface area contributed by atoms with E-state index >= 15 is 0 Å². The number of fused-ring (bicyclic) bond motifs is 3. The lowest BCUT2D eigenvalue weighted by atomic mass is 10.1. The molecule has 0 radical (unpaired) electrons. The van der Waals surface area contributed by atoms with Crippen LogP contribution >= 0.6 is 0 Å². The van der Waals surface area contributed by atoms with Gasteiger partial charge in [-0.3, -0.25) is 4.79 Å². The van der Waals surface area contributed by atoms with Crippen LogP contribution in [-0.2, 0) is 19.5 Å². The second-order valence-electron chi connectivity index (χ2n) is 7.99. The van der Waals surface area contributed by atoms with Gasteiger partial charge in [0, 0.05) is 25.2 Å². The van der Waals surface area contributed by atoms with Crippen molar-refractivity contribution in [3.63, 3.8) is 0 Å². The molecule has 0 spiro atoms. The molecule has 1 aliphatic rings. The molecular weight excluding hydrogens is 392 g/mol. The van der Waals surface area contributed by atoms with Crippen molar-refractivity contribution >= 4 is 17.1 Å². The molecule has 164 valence electrons. The van der Waals surface area contributed by atoms with Crippen LogP contribution in [0.25, 0.3) is 11.2 Å². The molecule has 1 amide bonds. The van der Waals surface area contributed by atoms with Crippen LogP contribution in [-0.4, -0.2) is 34.2 Å². The highest BCUT2D eigenvalue weighted by atomic mass is 16.5. The van der Waals surface area contributed by atoms with Gasteiger partial charge in [-0.05, 0) is 49.9 Å². The standard InChI is InChI=1S/C24H30N4O3/c1-4-12-31-19-10-9-17(14-20(19)30-3)15-25-24(29)18-13-16(2)26-23-22(18)27-21-8-6-5-7-11-28(21)23/h9-10,13-14H,4-8,11-12,15H2,1-3H3,(H,25,29). The van der Waals surface area contributed by atoms with Gasteiger partial charge in [0.1, 0.15) is 11.3 Å². The molecule has 1 aromatic carbocycles. The number of aryl methyl sites for hydroxylation is 3. The molecule has 1 N–H and O–H groups in total. The van der Waals surface area contributed by atoms with Crippen LogP contribution in [0.3, 0.4) is 0 Å². The van der Waals surface area contributed by atoms with Gasteiger partial charge in [0.15, 0.2) is 17.1 Å². The van der Waals surface area contributed by atoms with Gasteiger partial charge in [0.05, 0.1) is 19.3 Å². The topological polar surface area (TPSA) is 78.3 Å². The summed E-state index contributed by atoms with van der Waals surface area (Å²) in [5, 5.41) is 3.03. The summed E-state index contributed by atoms with van der Waals surface area (Å²) in [7, 11) is 1.62. The first kappa shape index (κ1) is 21.2. The zero-order chi connectivity index (χ0) is 21.8. The zero-order valence-corrected chi connectivity index (χ0v) is 18.5. The van der Waals surface area contributed by atoms with E-state index < -0.39 is 0 Å². The molecule has 7 heteroatoms. The van der Waals surface area contributed by atoms with E-state index in [0.29, 0.717) is 35.7 Å². The molecule has 0 unspecified atom stereocenters. The van der Waals surface area contributed by atoms with Crippen molar-refractivity contribution in [2.75, 3.05) is 13.7 Å².